The molecule has 0 fully saturated rings. The van der Waals surface area contributed by atoms with Crippen LogP contribution in [-0.2, 0) is 0 Å². The molecule has 1 unspecified atom stereocenters. The standard InChI is InChI=1S/C40H54O2/c1-29(17-13-19-31(3)21-23-37-33(5)25-35(41)27-39(37,7)8)15-11-12-16-30(2)18-14-20-32(4)22-24-38-34(6)26-36(42)28-40(38,9)10/h11-13,15-17,19-20,26,35-36,38,41-42H,14,18,25,27-28H2,1-10H3/b12-11+,17-13+,29-15+,30-16+,31-19+,32-20+/t35-,36-,38?/m1/s1. The van der Waals surface area contributed by atoms with Crippen LogP contribution in [0.4, 0.5) is 0 Å². The molecule has 0 heterocycles. The van der Waals surface area contributed by atoms with E-state index in [1.165, 1.54) is 27.9 Å². The van der Waals surface area contributed by atoms with E-state index in [1.807, 2.05) is 13.0 Å². The van der Waals surface area contributed by atoms with Crippen molar-refractivity contribution in [1.29, 1.82) is 0 Å². The normalized spacial score (nSPS) is 25.2. The Morgan fingerprint density at radius 2 is 1.60 bits per heavy atom. The van der Waals surface area contributed by atoms with Crippen molar-refractivity contribution in [3.63, 3.8) is 0 Å². The second kappa shape index (κ2) is 16.0. The van der Waals surface area contributed by atoms with Crippen molar-refractivity contribution in [3.05, 3.63) is 93.7 Å². The van der Waals surface area contributed by atoms with Crippen molar-refractivity contribution in [2.45, 2.75) is 114 Å². The Morgan fingerprint density at radius 3 is 2.26 bits per heavy atom. The van der Waals surface area contributed by atoms with Gasteiger partial charge in [0.15, 0.2) is 0 Å². The van der Waals surface area contributed by atoms with Gasteiger partial charge in [-0.05, 0) is 90.2 Å². The fourth-order valence-electron chi connectivity index (χ4n) is 5.98. The van der Waals surface area contributed by atoms with Gasteiger partial charge in [-0.3, -0.25) is 0 Å². The minimum absolute atomic E-state index is 0.0139. The molecule has 0 radical (unpaired) electrons. The summed E-state index contributed by atoms with van der Waals surface area (Å²) in [6.07, 6.45) is 22.5. The van der Waals surface area contributed by atoms with Crippen LogP contribution in [0.5, 0.6) is 0 Å². The SMILES string of the molecule is CC1=C[C@@H](O)CC(C)(C)C1C#C/C(C)=C/CC/C(C)=C/C=C/C=C(C)/C=C/C=C(\C)C#CC1=C(C)C[C@@H](O)CC1(C)C. The zero-order valence-electron chi connectivity index (χ0n) is 27.9. The average molecular weight is 567 g/mol. The van der Waals surface area contributed by atoms with E-state index in [4.69, 9.17) is 0 Å². The lowest BCUT2D eigenvalue weighted by molar-refractivity contribution is 0.117. The molecule has 0 spiro atoms. The molecule has 0 aliphatic heterocycles. The highest BCUT2D eigenvalue weighted by molar-refractivity contribution is 5.45. The number of aliphatic hydroxyl groups excluding tert-OH is 2. The highest BCUT2D eigenvalue weighted by Crippen LogP contribution is 2.41. The van der Waals surface area contributed by atoms with Gasteiger partial charge >= 0.3 is 0 Å². The van der Waals surface area contributed by atoms with E-state index in [2.05, 4.69) is 135 Å². The number of aliphatic hydroxyl groups is 2. The first-order valence-corrected chi connectivity index (χ1v) is 15.4. The van der Waals surface area contributed by atoms with Crippen molar-refractivity contribution in [3.8, 4) is 23.7 Å². The van der Waals surface area contributed by atoms with Gasteiger partial charge in [-0.1, -0.05) is 128 Å². The maximum Gasteiger partial charge on any atom is 0.0729 e. The molecular formula is C40H54O2. The molecule has 0 aromatic carbocycles. The van der Waals surface area contributed by atoms with Crippen LogP contribution in [0.15, 0.2) is 93.7 Å². The zero-order chi connectivity index (χ0) is 31.5. The van der Waals surface area contributed by atoms with Gasteiger partial charge in [0.2, 0.25) is 0 Å². The monoisotopic (exact) mass is 566 g/mol. The Kier molecular flexibility index (Phi) is 13.4. The lowest BCUT2D eigenvalue weighted by Crippen LogP contribution is -2.32. The second-order valence-corrected chi connectivity index (χ2v) is 13.7. The van der Waals surface area contributed by atoms with E-state index in [0.717, 1.165) is 43.3 Å². The lowest BCUT2D eigenvalue weighted by Gasteiger charge is -2.37. The van der Waals surface area contributed by atoms with Crippen LogP contribution >= 0.6 is 0 Å². The van der Waals surface area contributed by atoms with Crippen molar-refractivity contribution >= 4 is 0 Å². The molecule has 2 aliphatic carbocycles. The van der Waals surface area contributed by atoms with Gasteiger partial charge in [-0.15, -0.1) is 0 Å². The third kappa shape index (κ3) is 11.7. The summed E-state index contributed by atoms with van der Waals surface area (Å²) in [5, 5.41) is 20.1. The molecule has 0 saturated carbocycles. The number of hydrogen-bond donors (Lipinski definition) is 2. The van der Waals surface area contributed by atoms with Crippen LogP contribution in [-0.4, -0.2) is 22.4 Å². The van der Waals surface area contributed by atoms with Crippen LogP contribution in [0.2, 0.25) is 0 Å². The predicted molar refractivity (Wildman–Crippen MR) is 181 cm³/mol. The second-order valence-electron chi connectivity index (χ2n) is 13.7. The Morgan fingerprint density at radius 1 is 0.905 bits per heavy atom. The van der Waals surface area contributed by atoms with Gasteiger partial charge in [-0.25, -0.2) is 0 Å². The van der Waals surface area contributed by atoms with E-state index < -0.39 is 0 Å². The van der Waals surface area contributed by atoms with Crippen molar-refractivity contribution in [1.82, 2.24) is 0 Å². The minimum Gasteiger partial charge on any atom is -0.393 e. The molecule has 0 aromatic heterocycles. The molecule has 0 saturated heterocycles. The topological polar surface area (TPSA) is 40.5 Å². The molecule has 2 N–H and O–H groups in total. The average Bonchev–Trinajstić information content (AvgIpc) is 2.84. The summed E-state index contributed by atoms with van der Waals surface area (Å²) < 4.78 is 0. The predicted octanol–water partition coefficient (Wildman–Crippen LogP) is 9.52. The largest absolute Gasteiger partial charge is 0.393 e. The molecule has 2 heteroatoms. The minimum atomic E-state index is -0.356. The highest BCUT2D eigenvalue weighted by atomic mass is 16.3. The van der Waals surface area contributed by atoms with Crippen LogP contribution in [0.3, 0.4) is 0 Å². The Balaban J connectivity index is 1.87. The molecular weight excluding hydrogens is 512 g/mol. The van der Waals surface area contributed by atoms with Crippen LogP contribution < -0.4 is 0 Å². The van der Waals surface area contributed by atoms with Crippen LogP contribution in [0.1, 0.15) is 101 Å². The van der Waals surface area contributed by atoms with Gasteiger partial charge < -0.3 is 10.2 Å². The summed E-state index contributed by atoms with van der Waals surface area (Å²) in [6.45, 7) is 21.3. The molecule has 226 valence electrons. The summed E-state index contributed by atoms with van der Waals surface area (Å²) in [4.78, 5) is 0. The molecule has 0 amide bonds. The van der Waals surface area contributed by atoms with E-state index in [-0.39, 0.29) is 29.0 Å². The van der Waals surface area contributed by atoms with E-state index >= 15 is 0 Å². The Hall–Kier alpha value is -3.04. The van der Waals surface area contributed by atoms with Crippen LogP contribution in [0, 0.1) is 40.4 Å². The third-order valence-corrected chi connectivity index (χ3v) is 8.16. The number of hydrogen-bond acceptors (Lipinski definition) is 2. The highest BCUT2D eigenvalue weighted by Gasteiger charge is 2.35. The first-order valence-electron chi connectivity index (χ1n) is 15.4. The fraction of sp³-hybridized carbons (Fsp3) is 0.500. The van der Waals surface area contributed by atoms with Gasteiger partial charge in [0.1, 0.15) is 0 Å². The summed E-state index contributed by atoms with van der Waals surface area (Å²) in [5.41, 5.74) is 8.10. The Bertz CT molecular complexity index is 1340. The zero-order valence-corrected chi connectivity index (χ0v) is 27.9. The summed E-state index contributed by atoms with van der Waals surface area (Å²) in [5.74, 6) is 13.7. The number of allylic oxidation sites excluding steroid dienone is 14. The number of rotatable bonds is 7. The Labute approximate surface area is 257 Å². The van der Waals surface area contributed by atoms with Gasteiger partial charge in [0.25, 0.3) is 0 Å². The first-order chi connectivity index (χ1) is 19.6. The van der Waals surface area contributed by atoms with E-state index in [1.54, 1.807) is 0 Å². The van der Waals surface area contributed by atoms with Gasteiger partial charge in [-0.2, -0.15) is 0 Å². The maximum atomic E-state index is 10.1. The van der Waals surface area contributed by atoms with E-state index in [0.29, 0.717) is 0 Å². The first kappa shape index (κ1) is 35.2. The third-order valence-electron chi connectivity index (χ3n) is 8.16. The summed E-state index contributed by atoms with van der Waals surface area (Å²) >= 11 is 0. The molecule has 0 bridgehead atoms. The van der Waals surface area contributed by atoms with Crippen molar-refractivity contribution < 1.29 is 10.2 Å². The van der Waals surface area contributed by atoms with Gasteiger partial charge in [0.05, 0.1) is 12.2 Å². The van der Waals surface area contributed by atoms with Gasteiger partial charge in [0, 0.05) is 16.9 Å². The fourth-order valence-corrected chi connectivity index (χ4v) is 5.98. The maximum absolute atomic E-state index is 10.1. The molecule has 2 nitrogen and oxygen atoms in total. The quantitative estimate of drug-likeness (QED) is 0.183. The van der Waals surface area contributed by atoms with Crippen molar-refractivity contribution in [2.24, 2.45) is 16.7 Å². The lowest BCUT2D eigenvalue weighted by atomic mass is 9.68. The molecule has 3 atom stereocenters. The van der Waals surface area contributed by atoms with E-state index in [9.17, 15) is 10.2 Å². The molecule has 42 heavy (non-hydrogen) atoms. The molecule has 2 aliphatic rings. The molecule has 0 aromatic rings. The van der Waals surface area contributed by atoms with Crippen molar-refractivity contribution in [2.75, 3.05) is 0 Å². The molecule has 2 rings (SSSR count). The summed E-state index contributed by atoms with van der Waals surface area (Å²) in [7, 11) is 0. The van der Waals surface area contributed by atoms with Crippen LogP contribution in [0.25, 0.3) is 0 Å². The smallest absolute Gasteiger partial charge is 0.0729 e. The summed E-state index contributed by atoms with van der Waals surface area (Å²) in [6, 6.07) is 0.